The van der Waals surface area contributed by atoms with E-state index in [2.05, 4.69) is 32.1 Å². The van der Waals surface area contributed by atoms with Gasteiger partial charge in [-0.25, -0.2) is 9.97 Å². The zero-order chi connectivity index (χ0) is 17.1. The van der Waals surface area contributed by atoms with Crippen molar-refractivity contribution >= 4 is 17.7 Å². The van der Waals surface area contributed by atoms with E-state index in [9.17, 15) is 0 Å². The van der Waals surface area contributed by atoms with E-state index in [0.29, 0.717) is 23.6 Å². The highest BCUT2D eigenvalue weighted by atomic mass is 15.5. The molecule has 2 aromatic heterocycles. The van der Waals surface area contributed by atoms with Crippen molar-refractivity contribution in [2.24, 2.45) is 10.9 Å². The highest BCUT2D eigenvalue weighted by Crippen LogP contribution is 2.37. The number of anilines is 1. The standard InChI is InChI=1S/C17H25N7/c1-4-13-10-20-24(23-13)14-7-6-12(8-14)9-15-16(19-5-2)17(18)22-11(3)21-15/h5,10,12,14H,4,6-9H2,1-3H3,(H2,18,21,22)/t12-,14?/m0/s1. The van der Waals surface area contributed by atoms with Crippen LogP contribution in [0.5, 0.6) is 0 Å². The molecular formula is C17H25N7. The van der Waals surface area contributed by atoms with Gasteiger partial charge in [0.2, 0.25) is 0 Å². The van der Waals surface area contributed by atoms with Crippen molar-refractivity contribution < 1.29 is 0 Å². The topological polar surface area (TPSA) is 94.9 Å². The Hall–Kier alpha value is -2.31. The number of aromatic nitrogens is 5. The van der Waals surface area contributed by atoms with Crippen LogP contribution < -0.4 is 5.73 Å². The van der Waals surface area contributed by atoms with Crippen LogP contribution in [0.15, 0.2) is 11.2 Å². The summed E-state index contributed by atoms with van der Waals surface area (Å²) in [7, 11) is 0. The van der Waals surface area contributed by atoms with Gasteiger partial charge in [0.15, 0.2) is 5.82 Å². The van der Waals surface area contributed by atoms with Crippen molar-refractivity contribution in [2.75, 3.05) is 5.73 Å². The van der Waals surface area contributed by atoms with Gasteiger partial charge in [0.05, 0.1) is 23.6 Å². The third-order valence-electron chi connectivity index (χ3n) is 4.59. The van der Waals surface area contributed by atoms with E-state index in [1.54, 1.807) is 6.21 Å². The van der Waals surface area contributed by atoms with Crippen molar-refractivity contribution in [2.45, 2.75) is 58.9 Å². The van der Waals surface area contributed by atoms with Gasteiger partial charge in [0.25, 0.3) is 0 Å². The van der Waals surface area contributed by atoms with Gasteiger partial charge < -0.3 is 5.73 Å². The quantitative estimate of drug-likeness (QED) is 0.852. The number of nitrogen functional groups attached to an aromatic ring is 1. The SMILES string of the molecule is CC=Nc1c(N)nc(C)nc1C[C@H]1CCC(n2ncc(CC)n2)C1. The summed E-state index contributed by atoms with van der Waals surface area (Å²) in [5.74, 6) is 1.71. The predicted octanol–water partition coefficient (Wildman–Crippen LogP) is 2.83. The Morgan fingerprint density at radius 1 is 1.38 bits per heavy atom. The molecule has 128 valence electrons. The second-order valence-electron chi connectivity index (χ2n) is 6.39. The molecule has 1 unspecified atom stereocenters. The van der Waals surface area contributed by atoms with Gasteiger partial charge in [-0.15, -0.1) is 0 Å². The number of aryl methyl sites for hydroxylation is 2. The van der Waals surface area contributed by atoms with E-state index < -0.39 is 0 Å². The number of hydrogen-bond acceptors (Lipinski definition) is 6. The average Bonchev–Trinajstić information content (AvgIpc) is 3.19. The number of nitrogens with zero attached hydrogens (tertiary/aromatic N) is 6. The molecule has 1 fully saturated rings. The molecule has 1 saturated carbocycles. The molecule has 0 saturated heterocycles. The fourth-order valence-corrected chi connectivity index (χ4v) is 3.42. The Bertz CT molecular complexity index is 735. The molecule has 0 amide bonds. The van der Waals surface area contributed by atoms with Gasteiger partial charge in [-0.05, 0) is 51.9 Å². The van der Waals surface area contributed by atoms with E-state index in [-0.39, 0.29) is 0 Å². The van der Waals surface area contributed by atoms with Crippen molar-refractivity contribution in [3.8, 4) is 0 Å². The third kappa shape index (κ3) is 3.44. The van der Waals surface area contributed by atoms with Crippen molar-refractivity contribution in [3.05, 3.63) is 23.4 Å². The molecule has 2 aromatic rings. The number of hydrogen-bond donors (Lipinski definition) is 1. The molecule has 0 radical (unpaired) electrons. The Morgan fingerprint density at radius 3 is 2.92 bits per heavy atom. The molecule has 0 aliphatic heterocycles. The summed E-state index contributed by atoms with van der Waals surface area (Å²) in [5.41, 5.74) is 8.75. The Kier molecular flexibility index (Phi) is 4.87. The van der Waals surface area contributed by atoms with Gasteiger partial charge in [-0.2, -0.15) is 15.0 Å². The predicted molar refractivity (Wildman–Crippen MR) is 94.5 cm³/mol. The minimum Gasteiger partial charge on any atom is -0.382 e. The Balaban J connectivity index is 1.73. The third-order valence-corrected chi connectivity index (χ3v) is 4.59. The van der Waals surface area contributed by atoms with Crippen LogP contribution in [0.2, 0.25) is 0 Å². The van der Waals surface area contributed by atoms with Crippen LogP contribution in [0.25, 0.3) is 0 Å². The van der Waals surface area contributed by atoms with Crippen molar-refractivity contribution in [3.63, 3.8) is 0 Å². The summed E-state index contributed by atoms with van der Waals surface area (Å²) in [6.45, 7) is 5.85. The molecule has 24 heavy (non-hydrogen) atoms. The molecule has 2 heterocycles. The van der Waals surface area contributed by atoms with E-state index in [1.165, 1.54) is 0 Å². The summed E-state index contributed by atoms with van der Waals surface area (Å²) in [5, 5.41) is 8.99. The first-order valence-electron chi connectivity index (χ1n) is 8.63. The Labute approximate surface area is 142 Å². The maximum atomic E-state index is 6.03. The first-order chi connectivity index (χ1) is 11.6. The second kappa shape index (κ2) is 7.07. The van der Waals surface area contributed by atoms with Gasteiger partial charge >= 0.3 is 0 Å². The molecule has 7 heteroatoms. The van der Waals surface area contributed by atoms with Crippen molar-refractivity contribution in [1.82, 2.24) is 25.0 Å². The molecule has 0 aromatic carbocycles. The lowest BCUT2D eigenvalue weighted by molar-refractivity contribution is 0.393. The molecule has 1 aliphatic rings. The van der Waals surface area contributed by atoms with Crippen LogP contribution in [0.4, 0.5) is 11.5 Å². The normalized spacial score (nSPS) is 21.0. The first-order valence-corrected chi connectivity index (χ1v) is 8.63. The van der Waals surface area contributed by atoms with Gasteiger partial charge in [0.1, 0.15) is 11.5 Å². The monoisotopic (exact) mass is 327 g/mol. The summed E-state index contributed by atoms with van der Waals surface area (Å²) >= 11 is 0. The second-order valence-corrected chi connectivity index (χ2v) is 6.39. The molecule has 2 atom stereocenters. The van der Waals surface area contributed by atoms with Crippen LogP contribution in [-0.2, 0) is 12.8 Å². The van der Waals surface area contributed by atoms with Gasteiger partial charge in [-0.3, -0.25) is 4.99 Å². The fraction of sp³-hybridized carbons (Fsp3) is 0.588. The van der Waals surface area contributed by atoms with E-state index in [4.69, 9.17) is 5.73 Å². The fourth-order valence-electron chi connectivity index (χ4n) is 3.42. The zero-order valence-electron chi connectivity index (χ0n) is 14.6. The van der Waals surface area contributed by atoms with E-state index in [1.807, 2.05) is 24.8 Å². The number of nitrogens with two attached hydrogens (primary N) is 1. The molecule has 0 bridgehead atoms. The maximum absolute atomic E-state index is 6.03. The van der Waals surface area contributed by atoms with Crippen LogP contribution in [0, 0.1) is 12.8 Å². The van der Waals surface area contributed by atoms with Crippen LogP contribution in [0.3, 0.4) is 0 Å². The number of rotatable bonds is 5. The van der Waals surface area contributed by atoms with E-state index >= 15 is 0 Å². The highest BCUT2D eigenvalue weighted by molar-refractivity contribution is 5.69. The van der Waals surface area contributed by atoms with Gasteiger partial charge in [0, 0.05) is 6.21 Å². The zero-order valence-corrected chi connectivity index (χ0v) is 14.6. The summed E-state index contributed by atoms with van der Waals surface area (Å²) in [4.78, 5) is 15.1. The molecule has 7 nitrogen and oxygen atoms in total. The smallest absolute Gasteiger partial charge is 0.153 e. The first kappa shape index (κ1) is 16.5. The minimum absolute atomic E-state index is 0.383. The molecule has 2 N–H and O–H groups in total. The number of aliphatic imine (C=N–C) groups is 1. The Morgan fingerprint density at radius 2 is 2.21 bits per heavy atom. The summed E-state index contributed by atoms with van der Waals surface area (Å²) in [6.07, 6.45) is 8.73. The van der Waals surface area contributed by atoms with Crippen LogP contribution in [0.1, 0.15) is 56.4 Å². The molecular weight excluding hydrogens is 302 g/mol. The average molecular weight is 327 g/mol. The lowest BCUT2D eigenvalue weighted by atomic mass is 10.0. The van der Waals surface area contributed by atoms with Crippen LogP contribution >= 0.6 is 0 Å². The van der Waals surface area contributed by atoms with Crippen molar-refractivity contribution in [1.29, 1.82) is 0 Å². The summed E-state index contributed by atoms with van der Waals surface area (Å²) < 4.78 is 0. The molecule has 0 spiro atoms. The van der Waals surface area contributed by atoms with E-state index in [0.717, 1.165) is 49.2 Å². The lowest BCUT2D eigenvalue weighted by Gasteiger charge is -2.13. The highest BCUT2D eigenvalue weighted by Gasteiger charge is 2.29. The largest absolute Gasteiger partial charge is 0.382 e. The lowest BCUT2D eigenvalue weighted by Crippen LogP contribution is -2.11. The van der Waals surface area contributed by atoms with Gasteiger partial charge in [-0.1, -0.05) is 6.92 Å². The minimum atomic E-state index is 0.383. The summed E-state index contributed by atoms with van der Waals surface area (Å²) in [6, 6.07) is 0.383. The van der Waals surface area contributed by atoms with Crippen LogP contribution in [-0.4, -0.2) is 31.2 Å². The maximum Gasteiger partial charge on any atom is 0.153 e. The molecule has 3 rings (SSSR count). The molecule has 1 aliphatic carbocycles.